The zero-order valence-electron chi connectivity index (χ0n) is 8.45. The summed E-state index contributed by atoms with van der Waals surface area (Å²) in [5, 5.41) is 14.7. The van der Waals surface area contributed by atoms with Crippen LogP contribution in [0.2, 0.25) is 0 Å². The molecule has 2 unspecified atom stereocenters. The molecule has 2 atom stereocenters. The third-order valence-corrected chi connectivity index (χ3v) is 2.28. The molecule has 82 valence electrons. The number of rotatable bonds is 4. The van der Waals surface area contributed by atoms with Gasteiger partial charge in [0.1, 0.15) is 6.10 Å². The van der Waals surface area contributed by atoms with Crippen LogP contribution in [0.3, 0.4) is 0 Å². The van der Waals surface area contributed by atoms with Crippen LogP contribution < -0.4 is 10.6 Å². The standard InChI is InChI=1S/C9H18N2O3/c1-2-7(6-12)11-9(13)8-5-10-3-4-14-8/h7-8,10,12H,2-6H2,1H3,(H,11,13). The molecule has 5 nitrogen and oxygen atoms in total. The van der Waals surface area contributed by atoms with Crippen molar-refractivity contribution in [3.8, 4) is 0 Å². The van der Waals surface area contributed by atoms with Crippen LogP contribution >= 0.6 is 0 Å². The first-order valence-corrected chi connectivity index (χ1v) is 5.01. The highest BCUT2D eigenvalue weighted by Gasteiger charge is 2.23. The summed E-state index contributed by atoms with van der Waals surface area (Å²) in [5.41, 5.74) is 0. The summed E-state index contributed by atoms with van der Waals surface area (Å²) in [6.07, 6.45) is 0.312. The Morgan fingerprint density at radius 1 is 1.79 bits per heavy atom. The molecular weight excluding hydrogens is 184 g/mol. The van der Waals surface area contributed by atoms with Crippen molar-refractivity contribution in [2.75, 3.05) is 26.3 Å². The quantitative estimate of drug-likeness (QED) is 0.539. The van der Waals surface area contributed by atoms with Crippen molar-refractivity contribution >= 4 is 5.91 Å². The second-order valence-corrected chi connectivity index (χ2v) is 3.36. The molecule has 0 aromatic rings. The summed E-state index contributed by atoms with van der Waals surface area (Å²) in [7, 11) is 0. The Bertz CT molecular complexity index is 177. The molecule has 1 aliphatic rings. The minimum atomic E-state index is -0.413. The van der Waals surface area contributed by atoms with Gasteiger partial charge in [0, 0.05) is 13.1 Å². The molecule has 14 heavy (non-hydrogen) atoms. The number of nitrogens with one attached hydrogen (secondary N) is 2. The van der Waals surface area contributed by atoms with Gasteiger partial charge in [-0.25, -0.2) is 0 Å². The Balaban J connectivity index is 2.32. The van der Waals surface area contributed by atoms with E-state index in [-0.39, 0.29) is 18.6 Å². The monoisotopic (exact) mass is 202 g/mol. The fourth-order valence-corrected chi connectivity index (χ4v) is 1.30. The van der Waals surface area contributed by atoms with E-state index in [4.69, 9.17) is 9.84 Å². The number of amides is 1. The van der Waals surface area contributed by atoms with E-state index in [1.807, 2.05) is 6.92 Å². The summed E-state index contributed by atoms with van der Waals surface area (Å²) >= 11 is 0. The molecule has 3 N–H and O–H groups in total. The highest BCUT2D eigenvalue weighted by atomic mass is 16.5. The van der Waals surface area contributed by atoms with Crippen molar-refractivity contribution in [1.29, 1.82) is 0 Å². The molecule has 0 aromatic carbocycles. The third-order valence-electron chi connectivity index (χ3n) is 2.28. The van der Waals surface area contributed by atoms with Crippen molar-refractivity contribution in [1.82, 2.24) is 10.6 Å². The topological polar surface area (TPSA) is 70.6 Å². The van der Waals surface area contributed by atoms with Crippen LogP contribution in [0.1, 0.15) is 13.3 Å². The van der Waals surface area contributed by atoms with E-state index >= 15 is 0 Å². The predicted molar refractivity (Wildman–Crippen MR) is 51.9 cm³/mol. The number of morpholine rings is 1. The molecule has 0 saturated carbocycles. The molecule has 1 rings (SSSR count). The summed E-state index contributed by atoms with van der Waals surface area (Å²) in [6.45, 7) is 3.80. The number of carbonyl (C=O) groups is 1. The van der Waals surface area contributed by atoms with Crippen LogP contribution in [-0.2, 0) is 9.53 Å². The number of carbonyl (C=O) groups excluding carboxylic acids is 1. The fraction of sp³-hybridized carbons (Fsp3) is 0.889. The van der Waals surface area contributed by atoms with Crippen molar-refractivity contribution in [2.45, 2.75) is 25.5 Å². The first-order valence-electron chi connectivity index (χ1n) is 5.01. The van der Waals surface area contributed by atoms with Gasteiger partial charge in [-0.15, -0.1) is 0 Å². The maximum absolute atomic E-state index is 11.5. The molecule has 1 fully saturated rings. The zero-order valence-corrected chi connectivity index (χ0v) is 8.45. The van der Waals surface area contributed by atoms with Crippen LogP contribution in [0.4, 0.5) is 0 Å². The second kappa shape index (κ2) is 5.95. The maximum atomic E-state index is 11.5. The van der Waals surface area contributed by atoms with Crippen LogP contribution in [0.15, 0.2) is 0 Å². The lowest BCUT2D eigenvalue weighted by atomic mass is 10.2. The van der Waals surface area contributed by atoms with Gasteiger partial charge < -0.3 is 20.5 Å². The predicted octanol–water partition coefficient (Wildman–Crippen LogP) is -1.14. The molecule has 0 aromatic heterocycles. The molecule has 1 amide bonds. The summed E-state index contributed by atoms with van der Waals surface area (Å²) < 4.78 is 5.27. The first kappa shape index (κ1) is 11.4. The lowest BCUT2D eigenvalue weighted by molar-refractivity contribution is -0.135. The summed E-state index contributed by atoms with van der Waals surface area (Å²) in [4.78, 5) is 11.5. The van der Waals surface area contributed by atoms with Gasteiger partial charge in [-0.2, -0.15) is 0 Å². The molecule has 0 aliphatic carbocycles. The maximum Gasteiger partial charge on any atom is 0.250 e. The van der Waals surface area contributed by atoms with Crippen LogP contribution in [-0.4, -0.2) is 49.5 Å². The normalized spacial score (nSPS) is 24.3. The largest absolute Gasteiger partial charge is 0.394 e. The van der Waals surface area contributed by atoms with Crippen molar-refractivity contribution in [3.63, 3.8) is 0 Å². The average Bonchev–Trinajstić information content (AvgIpc) is 2.26. The Morgan fingerprint density at radius 3 is 3.07 bits per heavy atom. The first-order chi connectivity index (χ1) is 6.77. The smallest absolute Gasteiger partial charge is 0.250 e. The van der Waals surface area contributed by atoms with Crippen molar-refractivity contribution in [3.05, 3.63) is 0 Å². The number of aliphatic hydroxyl groups excluding tert-OH is 1. The van der Waals surface area contributed by atoms with Crippen molar-refractivity contribution < 1.29 is 14.6 Å². The number of hydrogen-bond donors (Lipinski definition) is 3. The highest BCUT2D eigenvalue weighted by Crippen LogP contribution is 1.98. The molecule has 1 saturated heterocycles. The van der Waals surface area contributed by atoms with Gasteiger partial charge in [0.15, 0.2) is 0 Å². The lowest BCUT2D eigenvalue weighted by Crippen LogP contribution is -2.50. The Labute approximate surface area is 83.8 Å². The molecule has 0 radical (unpaired) electrons. The number of hydrogen-bond acceptors (Lipinski definition) is 4. The second-order valence-electron chi connectivity index (χ2n) is 3.36. The van der Waals surface area contributed by atoms with E-state index in [1.165, 1.54) is 0 Å². The average molecular weight is 202 g/mol. The van der Waals surface area contributed by atoms with E-state index < -0.39 is 6.10 Å². The Hall–Kier alpha value is -0.650. The molecule has 0 bridgehead atoms. The third kappa shape index (κ3) is 3.25. The van der Waals surface area contributed by atoms with Crippen LogP contribution in [0.25, 0.3) is 0 Å². The lowest BCUT2D eigenvalue weighted by Gasteiger charge is -2.24. The van der Waals surface area contributed by atoms with Gasteiger partial charge >= 0.3 is 0 Å². The van der Waals surface area contributed by atoms with E-state index in [2.05, 4.69) is 10.6 Å². The van der Waals surface area contributed by atoms with Crippen LogP contribution in [0.5, 0.6) is 0 Å². The Kier molecular flexibility index (Phi) is 4.86. The summed E-state index contributed by atoms with van der Waals surface area (Å²) in [6, 6.07) is -0.159. The molecule has 1 heterocycles. The fourth-order valence-electron chi connectivity index (χ4n) is 1.30. The molecular formula is C9H18N2O3. The van der Waals surface area contributed by atoms with E-state index in [9.17, 15) is 4.79 Å². The van der Waals surface area contributed by atoms with E-state index in [0.717, 1.165) is 13.0 Å². The van der Waals surface area contributed by atoms with E-state index in [1.54, 1.807) is 0 Å². The van der Waals surface area contributed by atoms with Crippen LogP contribution in [0, 0.1) is 0 Å². The van der Waals surface area contributed by atoms with Gasteiger partial charge in [-0.1, -0.05) is 6.92 Å². The Morgan fingerprint density at radius 2 is 2.57 bits per heavy atom. The van der Waals surface area contributed by atoms with Crippen molar-refractivity contribution in [2.24, 2.45) is 0 Å². The SMILES string of the molecule is CCC(CO)NC(=O)C1CNCCO1. The minimum Gasteiger partial charge on any atom is -0.394 e. The van der Waals surface area contributed by atoms with Gasteiger partial charge in [0.2, 0.25) is 0 Å². The van der Waals surface area contributed by atoms with Gasteiger partial charge in [0.05, 0.1) is 19.3 Å². The van der Waals surface area contributed by atoms with E-state index in [0.29, 0.717) is 13.2 Å². The number of aliphatic hydroxyl groups is 1. The zero-order chi connectivity index (χ0) is 10.4. The highest BCUT2D eigenvalue weighted by molar-refractivity contribution is 5.81. The van der Waals surface area contributed by atoms with Gasteiger partial charge in [0.25, 0.3) is 5.91 Å². The summed E-state index contributed by atoms with van der Waals surface area (Å²) in [5.74, 6) is -0.141. The van der Waals surface area contributed by atoms with Gasteiger partial charge in [-0.3, -0.25) is 4.79 Å². The van der Waals surface area contributed by atoms with Gasteiger partial charge in [-0.05, 0) is 6.42 Å². The minimum absolute atomic E-state index is 0.0254. The molecule has 1 aliphatic heterocycles. The molecule has 0 spiro atoms. The molecule has 5 heteroatoms. The number of ether oxygens (including phenoxy) is 1.